The van der Waals surface area contributed by atoms with E-state index >= 15 is 0 Å². The number of nitro groups is 1. The molecule has 0 saturated heterocycles. The van der Waals surface area contributed by atoms with Crippen molar-refractivity contribution in [3.05, 3.63) is 60.8 Å². The molecule has 24 heavy (non-hydrogen) atoms. The van der Waals surface area contributed by atoms with Crippen molar-refractivity contribution in [3.8, 4) is 5.75 Å². The van der Waals surface area contributed by atoms with Crippen LogP contribution in [0.4, 0.5) is 15.8 Å². The lowest BCUT2D eigenvalue weighted by Crippen LogP contribution is -2.21. The zero-order chi connectivity index (χ0) is 17.9. The fourth-order valence-electron chi connectivity index (χ4n) is 1.71. The van der Waals surface area contributed by atoms with Gasteiger partial charge in [-0.05, 0) is 34.1 Å². The number of ether oxygens (including phenoxy) is 1. The first kappa shape index (κ1) is 18.4. The molecule has 0 aliphatic carbocycles. The lowest BCUT2D eigenvalue weighted by atomic mass is 10.2. The maximum Gasteiger partial charge on any atom is 0.271 e. The van der Waals surface area contributed by atoms with E-state index in [4.69, 9.17) is 27.9 Å². The van der Waals surface area contributed by atoms with Gasteiger partial charge in [-0.25, -0.2) is 4.39 Å². The van der Waals surface area contributed by atoms with Gasteiger partial charge in [0.1, 0.15) is 5.82 Å². The van der Waals surface area contributed by atoms with Crippen LogP contribution in [0.3, 0.4) is 0 Å². The van der Waals surface area contributed by atoms with E-state index in [0.717, 1.165) is 18.2 Å². The van der Waals surface area contributed by atoms with Gasteiger partial charge in [0.2, 0.25) is 0 Å². The minimum absolute atomic E-state index is 0.184. The lowest BCUT2D eigenvalue weighted by molar-refractivity contribution is -0.384. The summed E-state index contributed by atoms with van der Waals surface area (Å²) in [5, 5.41) is 13.4. The van der Waals surface area contributed by atoms with Crippen LogP contribution in [0.15, 0.2) is 34.8 Å². The Hall–Kier alpha value is -1.90. The number of halogens is 4. The Morgan fingerprint density at radius 2 is 2.04 bits per heavy atom. The van der Waals surface area contributed by atoms with Crippen molar-refractivity contribution in [3.63, 3.8) is 0 Å². The first-order valence-electron chi connectivity index (χ1n) is 6.29. The van der Waals surface area contributed by atoms with E-state index in [2.05, 4.69) is 21.2 Å². The predicted octanol–water partition coefficient (Wildman–Crippen LogP) is 4.82. The van der Waals surface area contributed by atoms with Crippen molar-refractivity contribution in [2.24, 2.45) is 0 Å². The normalized spacial score (nSPS) is 10.3. The van der Waals surface area contributed by atoms with Gasteiger partial charge in [0.15, 0.2) is 12.4 Å². The molecule has 0 unspecified atom stereocenters. The topological polar surface area (TPSA) is 81.5 Å². The maximum absolute atomic E-state index is 13.6. The van der Waals surface area contributed by atoms with Gasteiger partial charge in [-0.15, -0.1) is 0 Å². The summed E-state index contributed by atoms with van der Waals surface area (Å²) in [5.41, 5.74) is -0.671. The number of carbonyl (C=O) groups is 1. The summed E-state index contributed by atoms with van der Waals surface area (Å²) < 4.78 is 19.3. The molecule has 1 amide bonds. The van der Waals surface area contributed by atoms with Crippen LogP contribution < -0.4 is 10.1 Å². The number of hydrogen-bond acceptors (Lipinski definition) is 4. The van der Waals surface area contributed by atoms with Gasteiger partial charge in [0, 0.05) is 17.2 Å². The number of nitrogens with one attached hydrogen (secondary N) is 1. The van der Waals surface area contributed by atoms with Crippen LogP contribution in [-0.4, -0.2) is 17.4 Å². The van der Waals surface area contributed by atoms with E-state index in [9.17, 15) is 19.3 Å². The Morgan fingerprint density at radius 1 is 1.33 bits per heavy atom. The number of nitro benzene ring substituents is 1. The predicted molar refractivity (Wildman–Crippen MR) is 91.3 cm³/mol. The number of carbonyl (C=O) groups excluding carboxylic acids is 1. The molecule has 0 bridgehead atoms. The first-order valence-corrected chi connectivity index (χ1v) is 7.84. The van der Waals surface area contributed by atoms with E-state index in [-0.39, 0.29) is 22.1 Å². The van der Waals surface area contributed by atoms with Crippen molar-refractivity contribution in [2.75, 3.05) is 11.9 Å². The standard InChI is InChI=1S/C14H8BrCl2FN2O4/c15-9-3-7(16)4-10(17)14(9)24-6-13(21)19-12-5-8(20(22)23)1-2-11(12)18/h1-5H,6H2,(H,19,21). The van der Waals surface area contributed by atoms with Crippen molar-refractivity contribution < 1.29 is 18.8 Å². The highest BCUT2D eigenvalue weighted by atomic mass is 79.9. The van der Waals surface area contributed by atoms with Crippen LogP contribution in [-0.2, 0) is 4.79 Å². The summed E-state index contributed by atoms with van der Waals surface area (Å²) in [6.45, 7) is -0.484. The van der Waals surface area contributed by atoms with Crippen LogP contribution in [0.5, 0.6) is 5.75 Å². The molecule has 10 heteroatoms. The summed E-state index contributed by atoms with van der Waals surface area (Å²) in [6, 6.07) is 5.76. The summed E-state index contributed by atoms with van der Waals surface area (Å²) >= 11 is 14.9. The number of amides is 1. The second-order valence-electron chi connectivity index (χ2n) is 4.46. The Labute approximate surface area is 153 Å². The van der Waals surface area contributed by atoms with Gasteiger partial charge in [-0.2, -0.15) is 0 Å². The van der Waals surface area contributed by atoms with Crippen LogP contribution in [0, 0.1) is 15.9 Å². The molecule has 0 aliphatic heterocycles. The molecule has 0 saturated carbocycles. The van der Waals surface area contributed by atoms with E-state index in [0.29, 0.717) is 9.50 Å². The maximum atomic E-state index is 13.6. The lowest BCUT2D eigenvalue weighted by Gasteiger charge is -2.11. The van der Waals surface area contributed by atoms with Gasteiger partial charge in [0.05, 0.1) is 20.1 Å². The molecule has 6 nitrogen and oxygen atoms in total. The Morgan fingerprint density at radius 3 is 2.67 bits per heavy atom. The third kappa shape index (κ3) is 4.56. The van der Waals surface area contributed by atoms with Gasteiger partial charge in [0.25, 0.3) is 11.6 Å². The average Bonchev–Trinajstić information content (AvgIpc) is 2.48. The highest BCUT2D eigenvalue weighted by molar-refractivity contribution is 9.10. The quantitative estimate of drug-likeness (QED) is 0.537. The highest BCUT2D eigenvalue weighted by Crippen LogP contribution is 2.36. The van der Waals surface area contributed by atoms with E-state index in [1.54, 1.807) is 0 Å². The molecule has 2 rings (SSSR count). The molecule has 0 aliphatic rings. The van der Waals surface area contributed by atoms with Crippen LogP contribution in [0.1, 0.15) is 0 Å². The van der Waals surface area contributed by atoms with Gasteiger partial charge in [-0.1, -0.05) is 23.2 Å². The molecule has 126 valence electrons. The summed E-state index contributed by atoms with van der Waals surface area (Å²) in [4.78, 5) is 21.8. The fourth-order valence-corrected chi connectivity index (χ4v) is 3.08. The molecule has 0 heterocycles. The minimum atomic E-state index is -0.806. The van der Waals surface area contributed by atoms with Crippen molar-refractivity contribution in [1.82, 2.24) is 0 Å². The molecule has 2 aromatic carbocycles. The molecule has 2 aromatic rings. The second kappa shape index (κ2) is 7.78. The van der Waals surface area contributed by atoms with E-state index in [1.165, 1.54) is 12.1 Å². The van der Waals surface area contributed by atoms with Crippen LogP contribution in [0.2, 0.25) is 10.0 Å². The van der Waals surface area contributed by atoms with Crippen molar-refractivity contribution in [2.45, 2.75) is 0 Å². The monoisotopic (exact) mass is 436 g/mol. The average molecular weight is 438 g/mol. The summed E-state index contributed by atoms with van der Waals surface area (Å²) in [6.07, 6.45) is 0. The van der Waals surface area contributed by atoms with E-state index < -0.39 is 23.3 Å². The third-order valence-corrected chi connectivity index (χ3v) is 3.83. The van der Waals surface area contributed by atoms with E-state index in [1.807, 2.05) is 0 Å². The number of nitrogens with zero attached hydrogens (tertiary/aromatic N) is 1. The first-order chi connectivity index (χ1) is 11.3. The van der Waals surface area contributed by atoms with Gasteiger partial charge >= 0.3 is 0 Å². The number of anilines is 1. The SMILES string of the molecule is O=C(COc1c(Cl)cc(Cl)cc1Br)Nc1cc([N+](=O)[O-])ccc1F. The summed E-state index contributed by atoms with van der Waals surface area (Å²) in [7, 11) is 0. The van der Waals surface area contributed by atoms with Crippen LogP contribution in [0.25, 0.3) is 0 Å². The summed E-state index contributed by atoms with van der Waals surface area (Å²) in [5.74, 6) is -1.33. The molecular weight excluding hydrogens is 430 g/mol. The number of non-ortho nitro benzene ring substituents is 1. The van der Waals surface area contributed by atoms with Gasteiger partial charge in [-0.3, -0.25) is 14.9 Å². The van der Waals surface area contributed by atoms with Crippen LogP contribution >= 0.6 is 39.1 Å². The Bertz CT molecular complexity index is 796. The minimum Gasteiger partial charge on any atom is -0.481 e. The molecule has 0 radical (unpaired) electrons. The Balaban J connectivity index is 2.07. The zero-order valence-corrected chi connectivity index (χ0v) is 14.8. The van der Waals surface area contributed by atoms with Gasteiger partial charge < -0.3 is 10.1 Å². The smallest absolute Gasteiger partial charge is 0.271 e. The van der Waals surface area contributed by atoms with Crippen molar-refractivity contribution >= 4 is 56.4 Å². The largest absolute Gasteiger partial charge is 0.481 e. The number of benzene rings is 2. The molecule has 1 N–H and O–H groups in total. The number of hydrogen-bond donors (Lipinski definition) is 1. The van der Waals surface area contributed by atoms with Crippen molar-refractivity contribution in [1.29, 1.82) is 0 Å². The number of rotatable bonds is 5. The molecule has 0 atom stereocenters. The molecule has 0 aromatic heterocycles. The Kier molecular flexibility index (Phi) is 5.98. The molecular formula is C14H8BrCl2FN2O4. The highest BCUT2D eigenvalue weighted by Gasteiger charge is 2.15. The second-order valence-corrected chi connectivity index (χ2v) is 6.15. The molecule has 0 fully saturated rings. The third-order valence-electron chi connectivity index (χ3n) is 2.75. The zero-order valence-electron chi connectivity index (χ0n) is 11.7. The molecule has 0 spiro atoms. The fraction of sp³-hybridized carbons (Fsp3) is 0.0714.